The number of hydrogen-bond acceptors (Lipinski definition) is 6. The molecule has 0 spiro atoms. The molecule has 8 nitrogen and oxygen atoms in total. The van der Waals surface area contributed by atoms with Gasteiger partial charge in [0.2, 0.25) is 0 Å². The number of hydrazine groups is 1. The van der Waals surface area contributed by atoms with Crippen molar-refractivity contribution in [2.45, 2.75) is 0 Å². The van der Waals surface area contributed by atoms with Gasteiger partial charge in [0.15, 0.2) is 5.84 Å². The molecule has 0 heterocycles. The fourth-order valence-electron chi connectivity index (χ4n) is 1.01. The van der Waals surface area contributed by atoms with Crippen molar-refractivity contribution >= 4 is 17.2 Å². The average molecular weight is 210 g/mol. The second-order valence-corrected chi connectivity index (χ2v) is 2.66. The van der Waals surface area contributed by atoms with Gasteiger partial charge in [0.25, 0.3) is 5.69 Å². The van der Waals surface area contributed by atoms with Crippen molar-refractivity contribution in [3.8, 4) is 0 Å². The van der Waals surface area contributed by atoms with E-state index in [9.17, 15) is 10.1 Å². The number of hydrazone groups is 1. The Labute approximate surface area is 84.9 Å². The monoisotopic (exact) mass is 210 g/mol. The molecule has 15 heavy (non-hydrogen) atoms. The topological polar surface area (TPSA) is 146 Å². The van der Waals surface area contributed by atoms with E-state index in [-0.39, 0.29) is 17.2 Å². The smallest absolute Gasteiger partial charge is 0.292 e. The molecule has 0 saturated carbocycles. The number of nitrogens with one attached hydrogen (secondary N) is 1. The Bertz CT molecular complexity index is 416. The first kappa shape index (κ1) is 10.7. The Morgan fingerprint density at radius 2 is 2.20 bits per heavy atom. The van der Waals surface area contributed by atoms with Gasteiger partial charge in [-0.3, -0.25) is 10.1 Å². The number of hydrogen-bond donors (Lipinski definition) is 4. The molecule has 8 heteroatoms. The van der Waals surface area contributed by atoms with E-state index < -0.39 is 4.92 Å². The van der Waals surface area contributed by atoms with E-state index in [2.05, 4.69) is 5.10 Å². The van der Waals surface area contributed by atoms with Crippen LogP contribution in [0.3, 0.4) is 0 Å². The van der Waals surface area contributed by atoms with E-state index in [0.717, 1.165) is 0 Å². The first-order valence-electron chi connectivity index (χ1n) is 3.89. The first-order chi connectivity index (χ1) is 7.06. The Morgan fingerprint density at radius 1 is 1.53 bits per heavy atom. The molecule has 0 aliphatic heterocycles. The first-order valence-corrected chi connectivity index (χ1v) is 3.89. The molecule has 0 fully saturated rings. The summed E-state index contributed by atoms with van der Waals surface area (Å²) in [5, 5.41) is 14.0. The van der Waals surface area contributed by atoms with Crippen LogP contribution in [0.1, 0.15) is 5.56 Å². The van der Waals surface area contributed by atoms with E-state index in [4.69, 9.17) is 17.3 Å². The van der Waals surface area contributed by atoms with Gasteiger partial charge in [-0.15, -0.1) is 5.10 Å². The molecule has 0 atom stereocenters. The molecular weight excluding hydrogens is 200 g/mol. The number of benzene rings is 1. The highest BCUT2D eigenvalue weighted by Crippen LogP contribution is 2.21. The Morgan fingerprint density at radius 3 is 2.67 bits per heavy atom. The third-order valence-electron chi connectivity index (χ3n) is 1.70. The summed E-state index contributed by atoms with van der Waals surface area (Å²) in [4.78, 5) is 9.88. The van der Waals surface area contributed by atoms with Gasteiger partial charge in [-0.2, -0.15) is 0 Å². The SMILES string of the molecule is NN/N=C(\N)c1ccc([N+](=O)[O-])c(N)c1. The number of nitro benzene ring substituents is 1. The molecule has 1 aromatic carbocycles. The highest BCUT2D eigenvalue weighted by atomic mass is 16.6. The molecule has 0 amide bonds. The number of amidine groups is 1. The third-order valence-corrected chi connectivity index (χ3v) is 1.70. The number of nitrogens with zero attached hydrogens (tertiary/aromatic N) is 2. The summed E-state index contributed by atoms with van der Waals surface area (Å²) < 4.78 is 0. The molecule has 0 radical (unpaired) electrons. The van der Waals surface area contributed by atoms with Gasteiger partial charge in [0.05, 0.1) is 4.92 Å². The second kappa shape index (κ2) is 4.24. The van der Waals surface area contributed by atoms with Gasteiger partial charge < -0.3 is 11.5 Å². The molecule has 0 aliphatic rings. The normalized spacial score (nSPS) is 11.1. The zero-order valence-corrected chi connectivity index (χ0v) is 7.68. The van der Waals surface area contributed by atoms with Crippen LogP contribution in [0.2, 0.25) is 0 Å². The molecule has 0 aromatic heterocycles. The predicted octanol–water partition coefficient (Wildman–Crippen LogP) is -0.739. The van der Waals surface area contributed by atoms with Gasteiger partial charge in [0, 0.05) is 11.6 Å². The number of rotatable bonds is 3. The molecule has 7 N–H and O–H groups in total. The maximum Gasteiger partial charge on any atom is 0.292 e. The summed E-state index contributed by atoms with van der Waals surface area (Å²) in [5.41, 5.74) is 13.2. The summed E-state index contributed by atoms with van der Waals surface area (Å²) in [7, 11) is 0. The second-order valence-electron chi connectivity index (χ2n) is 2.66. The number of nitrogen functional groups attached to an aromatic ring is 1. The fraction of sp³-hybridized carbons (Fsp3) is 0. The molecular formula is C7H10N6O2. The zero-order chi connectivity index (χ0) is 11.4. The lowest BCUT2D eigenvalue weighted by atomic mass is 10.1. The minimum absolute atomic E-state index is 0.0210. The van der Waals surface area contributed by atoms with Crippen LogP contribution in [0.5, 0.6) is 0 Å². The third kappa shape index (κ3) is 2.31. The van der Waals surface area contributed by atoms with E-state index in [0.29, 0.717) is 5.56 Å². The van der Waals surface area contributed by atoms with E-state index in [1.165, 1.54) is 18.2 Å². The van der Waals surface area contributed by atoms with E-state index >= 15 is 0 Å². The van der Waals surface area contributed by atoms with E-state index in [1.54, 1.807) is 0 Å². The summed E-state index contributed by atoms with van der Waals surface area (Å²) in [6.45, 7) is 0. The molecule has 0 bridgehead atoms. The van der Waals surface area contributed by atoms with Crippen LogP contribution in [-0.2, 0) is 0 Å². The minimum Gasteiger partial charge on any atom is -0.393 e. The lowest BCUT2D eigenvalue weighted by Crippen LogP contribution is -2.23. The van der Waals surface area contributed by atoms with Crippen LogP contribution in [0.4, 0.5) is 11.4 Å². The van der Waals surface area contributed by atoms with Gasteiger partial charge in [-0.1, -0.05) is 0 Å². The van der Waals surface area contributed by atoms with Gasteiger partial charge in [-0.05, 0) is 12.1 Å². The number of anilines is 1. The average Bonchev–Trinajstić information content (AvgIpc) is 2.17. The lowest BCUT2D eigenvalue weighted by Gasteiger charge is -2.02. The lowest BCUT2D eigenvalue weighted by molar-refractivity contribution is -0.383. The van der Waals surface area contributed by atoms with Crippen LogP contribution >= 0.6 is 0 Å². The summed E-state index contributed by atoms with van der Waals surface area (Å²) in [5.74, 6) is 5.02. The fourth-order valence-corrected chi connectivity index (χ4v) is 1.01. The van der Waals surface area contributed by atoms with Crippen molar-refractivity contribution in [2.24, 2.45) is 16.7 Å². The molecule has 0 saturated heterocycles. The highest BCUT2D eigenvalue weighted by Gasteiger charge is 2.12. The molecule has 1 aromatic rings. The van der Waals surface area contributed by atoms with Crippen molar-refractivity contribution < 1.29 is 4.92 Å². The van der Waals surface area contributed by atoms with E-state index in [1.807, 2.05) is 5.53 Å². The van der Waals surface area contributed by atoms with Crippen molar-refractivity contribution in [1.82, 2.24) is 5.53 Å². The Kier molecular flexibility index (Phi) is 3.03. The quantitative estimate of drug-likeness (QED) is 0.129. The highest BCUT2D eigenvalue weighted by molar-refractivity contribution is 5.98. The minimum atomic E-state index is -0.576. The van der Waals surface area contributed by atoms with Crippen LogP contribution in [-0.4, -0.2) is 10.8 Å². The summed E-state index contributed by atoms with van der Waals surface area (Å²) >= 11 is 0. The summed E-state index contributed by atoms with van der Waals surface area (Å²) in [6.07, 6.45) is 0. The van der Waals surface area contributed by atoms with Gasteiger partial charge >= 0.3 is 0 Å². The van der Waals surface area contributed by atoms with Crippen molar-refractivity contribution in [1.29, 1.82) is 0 Å². The van der Waals surface area contributed by atoms with Crippen LogP contribution < -0.4 is 22.8 Å². The Hall–Kier alpha value is -2.35. The maximum atomic E-state index is 10.5. The molecule has 0 unspecified atom stereocenters. The van der Waals surface area contributed by atoms with Crippen LogP contribution in [0.25, 0.3) is 0 Å². The van der Waals surface area contributed by atoms with Crippen molar-refractivity contribution in [2.75, 3.05) is 5.73 Å². The van der Waals surface area contributed by atoms with Crippen molar-refractivity contribution in [3.63, 3.8) is 0 Å². The number of nitrogens with two attached hydrogens (primary N) is 3. The summed E-state index contributed by atoms with van der Waals surface area (Å²) in [6, 6.07) is 4.04. The molecule has 1 rings (SSSR count). The number of nitro groups is 1. The zero-order valence-electron chi connectivity index (χ0n) is 7.68. The molecule has 0 aliphatic carbocycles. The predicted molar refractivity (Wildman–Crippen MR) is 55.6 cm³/mol. The molecule has 80 valence electrons. The van der Waals surface area contributed by atoms with Crippen LogP contribution in [0, 0.1) is 10.1 Å². The van der Waals surface area contributed by atoms with Crippen LogP contribution in [0.15, 0.2) is 23.3 Å². The van der Waals surface area contributed by atoms with Crippen molar-refractivity contribution in [3.05, 3.63) is 33.9 Å². The van der Waals surface area contributed by atoms with Gasteiger partial charge in [0.1, 0.15) is 5.69 Å². The Balaban J connectivity index is 3.12. The van der Waals surface area contributed by atoms with Gasteiger partial charge in [-0.25, -0.2) is 11.4 Å². The maximum absolute atomic E-state index is 10.5. The largest absolute Gasteiger partial charge is 0.393 e. The standard InChI is InChI=1S/C7H10N6O2/c8-5-3-4(7(9)11-12-10)1-2-6(5)13(14)15/h1-3,12H,8,10H2,(H2,9,11).